The molecule has 0 unspecified atom stereocenters. The number of hydrogen-bond acceptors (Lipinski definition) is 4. The highest BCUT2D eigenvalue weighted by Gasteiger charge is 2.63. The Hall–Kier alpha value is -0.956. The van der Waals surface area contributed by atoms with Gasteiger partial charge in [0.15, 0.2) is 16.6 Å². The van der Waals surface area contributed by atoms with E-state index in [9.17, 15) is 0 Å². The molecule has 0 heterocycles. The number of hydrogen-bond donors (Lipinski definition) is 0. The van der Waals surface area contributed by atoms with Crippen molar-refractivity contribution in [1.29, 1.82) is 0 Å². The Kier molecular flexibility index (Phi) is 8.60. The first-order valence-corrected chi connectivity index (χ1v) is 23.1. The van der Waals surface area contributed by atoms with E-state index in [0.717, 1.165) is 23.5 Å². The summed E-state index contributed by atoms with van der Waals surface area (Å²) < 4.78 is 13.7. The summed E-state index contributed by atoms with van der Waals surface area (Å²) in [6.07, 6.45) is 11.3. The maximum atomic E-state index is 7.02. The average Bonchev–Trinajstić information content (AvgIpc) is 3.14. The second kappa shape index (κ2) is 11.3. The fourth-order valence-electron chi connectivity index (χ4n) is 9.97. The standard InChI is InChI=1S/C34H57NO3Si2/c1-24(35-36-23-25-13-11-10-12-14-25)32-31(38-40(7,8)9)22-30-28-16-15-26-21-27(37-39(4,5)6)17-19-33(26,2)29(28)18-20-34(30,32)3/h10-14,26-32H,15-23H2,1-9H3/b35-24-/t26-,27-,28+,29-,30-,31+,32-,33-,34-/m0/s1. The highest BCUT2D eigenvalue weighted by atomic mass is 28.4. The molecule has 0 aliphatic heterocycles. The number of oxime groups is 1. The van der Waals surface area contributed by atoms with Crippen molar-refractivity contribution < 1.29 is 13.7 Å². The van der Waals surface area contributed by atoms with Crippen LogP contribution in [0.2, 0.25) is 39.3 Å². The van der Waals surface area contributed by atoms with Crippen LogP contribution in [-0.2, 0) is 20.3 Å². The minimum absolute atomic E-state index is 0.233. The molecular weight excluding hydrogens is 527 g/mol. The van der Waals surface area contributed by atoms with Gasteiger partial charge in [-0.25, -0.2) is 0 Å². The number of rotatable bonds is 8. The van der Waals surface area contributed by atoms with Crippen LogP contribution in [0.5, 0.6) is 0 Å². The zero-order valence-corrected chi connectivity index (χ0v) is 29.0. The zero-order valence-electron chi connectivity index (χ0n) is 27.0. The van der Waals surface area contributed by atoms with Gasteiger partial charge in [0.1, 0.15) is 6.61 Å². The van der Waals surface area contributed by atoms with Crippen LogP contribution in [0, 0.1) is 40.4 Å². The molecule has 224 valence electrons. The third-order valence-corrected chi connectivity index (χ3v) is 13.4. The quantitative estimate of drug-likeness (QED) is 0.174. The minimum atomic E-state index is -1.71. The highest BCUT2D eigenvalue weighted by molar-refractivity contribution is 6.70. The van der Waals surface area contributed by atoms with Crippen molar-refractivity contribution in [2.45, 2.75) is 130 Å². The van der Waals surface area contributed by atoms with Gasteiger partial charge in [0.25, 0.3) is 0 Å². The van der Waals surface area contributed by atoms with Crippen LogP contribution < -0.4 is 0 Å². The van der Waals surface area contributed by atoms with Crippen molar-refractivity contribution in [1.82, 2.24) is 0 Å². The lowest BCUT2D eigenvalue weighted by Gasteiger charge is -2.61. The summed E-state index contributed by atoms with van der Waals surface area (Å²) in [5.74, 6) is 3.53. The van der Waals surface area contributed by atoms with E-state index in [4.69, 9.17) is 18.8 Å². The number of benzene rings is 1. The molecule has 4 aliphatic carbocycles. The lowest BCUT2D eigenvalue weighted by Crippen LogP contribution is -2.55. The summed E-state index contributed by atoms with van der Waals surface area (Å²) in [5, 5.41) is 4.78. The fraction of sp³-hybridized carbons (Fsp3) is 0.794. The van der Waals surface area contributed by atoms with Crippen LogP contribution in [0.4, 0.5) is 0 Å². The van der Waals surface area contributed by atoms with Gasteiger partial charge < -0.3 is 13.7 Å². The maximum absolute atomic E-state index is 7.02. The van der Waals surface area contributed by atoms with Crippen LogP contribution >= 0.6 is 0 Å². The first-order chi connectivity index (χ1) is 18.7. The monoisotopic (exact) mass is 583 g/mol. The summed E-state index contributed by atoms with van der Waals surface area (Å²) in [6, 6.07) is 10.4. The van der Waals surface area contributed by atoms with Crippen molar-refractivity contribution in [2.24, 2.45) is 45.6 Å². The third kappa shape index (κ3) is 6.21. The van der Waals surface area contributed by atoms with Gasteiger partial charge in [-0.2, -0.15) is 0 Å². The lowest BCUT2D eigenvalue weighted by atomic mass is 9.44. The van der Waals surface area contributed by atoms with Crippen LogP contribution in [-0.4, -0.2) is 34.6 Å². The molecule has 0 aromatic heterocycles. The molecule has 5 rings (SSSR count). The van der Waals surface area contributed by atoms with Gasteiger partial charge in [-0.05, 0) is 138 Å². The zero-order chi connectivity index (χ0) is 28.9. The molecule has 0 saturated heterocycles. The van der Waals surface area contributed by atoms with Crippen molar-refractivity contribution in [3.63, 3.8) is 0 Å². The van der Waals surface area contributed by atoms with Crippen molar-refractivity contribution in [3.05, 3.63) is 35.9 Å². The van der Waals surface area contributed by atoms with Gasteiger partial charge in [0, 0.05) is 12.0 Å². The molecule has 4 fully saturated rings. The molecule has 40 heavy (non-hydrogen) atoms. The van der Waals surface area contributed by atoms with E-state index in [2.05, 4.69) is 84.3 Å². The van der Waals surface area contributed by atoms with Gasteiger partial charge in [0.2, 0.25) is 0 Å². The van der Waals surface area contributed by atoms with E-state index in [1.807, 2.05) is 6.07 Å². The summed E-state index contributed by atoms with van der Waals surface area (Å²) >= 11 is 0. The molecule has 0 amide bonds. The van der Waals surface area contributed by atoms with Crippen LogP contribution in [0.3, 0.4) is 0 Å². The SMILES string of the molecule is C/C(=N/OCc1ccccc1)[C@H]1[C@H](O[Si](C)(C)C)C[C@H]2[C@@H]3CC[C@H]4C[C@@H](O[Si](C)(C)C)CC[C@]4(C)[C@H]3CC[C@@]21C. The third-order valence-electron chi connectivity index (χ3n) is 11.4. The molecule has 4 aliphatic rings. The van der Waals surface area contributed by atoms with Gasteiger partial charge >= 0.3 is 0 Å². The lowest BCUT2D eigenvalue weighted by molar-refractivity contribution is -0.121. The summed E-state index contributed by atoms with van der Waals surface area (Å²) in [4.78, 5) is 5.97. The average molecular weight is 584 g/mol. The van der Waals surface area contributed by atoms with E-state index in [-0.39, 0.29) is 11.5 Å². The largest absolute Gasteiger partial charge is 0.415 e. The predicted octanol–water partition coefficient (Wildman–Crippen LogP) is 9.29. The Morgan fingerprint density at radius 1 is 0.825 bits per heavy atom. The first kappa shape index (κ1) is 30.5. The fourth-order valence-corrected chi connectivity index (χ4v) is 12.3. The first-order valence-electron chi connectivity index (χ1n) is 16.3. The van der Waals surface area contributed by atoms with Gasteiger partial charge in [-0.1, -0.05) is 49.3 Å². The van der Waals surface area contributed by atoms with Crippen molar-refractivity contribution >= 4 is 22.3 Å². The van der Waals surface area contributed by atoms with E-state index in [1.54, 1.807) is 0 Å². The molecule has 0 bridgehead atoms. The van der Waals surface area contributed by atoms with Gasteiger partial charge in [0.05, 0.1) is 11.8 Å². The Bertz CT molecular complexity index is 1050. The van der Waals surface area contributed by atoms with E-state index in [0.29, 0.717) is 30.0 Å². The predicted molar refractivity (Wildman–Crippen MR) is 171 cm³/mol. The molecule has 0 N–H and O–H groups in total. The van der Waals surface area contributed by atoms with Gasteiger partial charge in [-0.3, -0.25) is 0 Å². The normalized spacial score (nSPS) is 40.2. The highest BCUT2D eigenvalue weighted by Crippen LogP contribution is 2.68. The van der Waals surface area contributed by atoms with Crippen LogP contribution in [0.25, 0.3) is 0 Å². The molecule has 4 nitrogen and oxygen atoms in total. The van der Waals surface area contributed by atoms with Crippen LogP contribution in [0.1, 0.15) is 77.7 Å². The molecule has 0 spiro atoms. The van der Waals surface area contributed by atoms with Gasteiger partial charge in [-0.15, -0.1) is 0 Å². The number of fused-ring (bicyclic) bond motifs is 5. The summed E-state index contributed by atoms with van der Waals surface area (Å²) in [7, 11) is -3.21. The van der Waals surface area contributed by atoms with Crippen molar-refractivity contribution in [3.8, 4) is 0 Å². The molecule has 6 heteroatoms. The Balaban J connectivity index is 1.36. The van der Waals surface area contributed by atoms with Crippen molar-refractivity contribution in [2.75, 3.05) is 0 Å². The topological polar surface area (TPSA) is 40.0 Å². The summed E-state index contributed by atoms with van der Waals surface area (Å²) in [6.45, 7) is 22.1. The molecule has 1 aromatic carbocycles. The second-order valence-electron chi connectivity index (χ2n) is 16.3. The molecule has 9 atom stereocenters. The second-order valence-corrected chi connectivity index (χ2v) is 25.2. The minimum Gasteiger partial charge on any atom is -0.415 e. The molecular formula is C34H57NO3Si2. The van der Waals surface area contributed by atoms with E-state index in [1.165, 1.54) is 56.9 Å². The van der Waals surface area contributed by atoms with Crippen LogP contribution in [0.15, 0.2) is 35.5 Å². The molecule has 1 aromatic rings. The number of nitrogens with zero attached hydrogens (tertiary/aromatic N) is 1. The van der Waals surface area contributed by atoms with E-state index < -0.39 is 16.6 Å². The smallest absolute Gasteiger partial charge is 0.184 e. The maximum Gasteiger partial charge on any atom is 0.184 e. The Morgan fingerprint density at radius 2 is 1.50 bits per heavy atom. The Labute approximate surface area is 247 Å². The summed E-state index contributed by atoms with van der Waals surface area (Å²) in [5.41, 5.74) is 3.02. The molecule has 0 radical (unpaired) electrons. The molecule has 4 saturated carbocycles. The van der Waals surface area contributed by atoms with E-state index >= 15 is 0 Å². The Morgan fingerprint density at radius 3 is 2.17 bits per heavy atom.